The van der Waals surface area contributed by atoms with Crippen LogP contribution in [0.1, 0.15) is 0 Å². The van der Waals surface area contributed by atoms with Gasteiger partial charge in [-0.15, -0.1) is 0 Å². The lowest BCUT2D eigenvalue weighted by Gasteiger charge is -2.33. The van der Waals surface area contributed by atoms with E-state index >= 15 is 0 Å². The fourth-order valence-electron chi connectivity index (χ4n) is 3.00. The van der Waals surface area contributed by atoms with Crippen LogP contribution < -0.4 is 4.90 Å². The number of hydrogen-bond acceptors (Lipinski definition) is 4. The lowest BCUT2D eigenvalue weighted by atomic mass is 10.1. The monoisotopic (exact) mass is 296 g/mol. The zero-order valence-corrected chi connectivity index (χ0v) is 13.0. The molecule has 114 valence electrons. The Kier molecular flexibility index (Phi) is 3.11. The van der Waals surface area contributed by atoms with E-state index in [2.05, 4.69) is 45.4 Å². The van der Waals surface area contributed by atoms with Crippen LogP contribution in [0.15, 0.2) is 36.9 Å². The first-order valence-corrected chi connectivity index (χ1v) is 7.60. The van der Waals surface area contributed by atoms with Gasteiger partial charge in [0.05, 0.1) is 23.6 Å². The number of aromatic nitrogens is 4. The van der Waals surface area contributed by atoms with Crippen LogP contribution in [0, 0.1) is 0 Å². The molecule has 0 radical (unpaired) electrons. The molecule has 1 aliphatic rings. The summed E-state index contributed by atoms with van der Waals surface area (Å²) in [6.07, 6.45) is 7.96. The van der Waals surface area contributed by atoms with Gasteiger partial charge >= 0.3 is 0 Å². The summed E-state index contributed by atoms with van der Waals surface area (Å²) in [5.41, 5.74) is 4.64. The second kappa shape index (κ2) is 5.14. The van der Waals surface area contributed by atoms with Gasteiger partial charge in [0.25, 0.3) is 0 Å². The van der Waals surface area contributed by atoms with Crippen molar-refractivity contribution in [2.24, 2.45) is 7.05 Å². The van der Waals surface area contributed by atoms with Crippen LogP contribution in [0.4, 0.5) is 5.69 Å². The lowest BCUT2D eigenvalue weighted by Crippen LogP contribution is -2.44. The number of pyridine rings is 1. The fourth-order valence-corrected chi connectivity index (χ4v) is 3.00. The van der Waals surface area contributed by atoms with Crippen molar-refractivity contribution in [3.05, 3.63) is 36.9 Å². The van der Waals surface area contributed by atoms with Crippen molar-refractivity contribution in [2.45, 2.75) is 0 Å². The molecular formula is C16H20N6. The quantitative estimate of drug-likeness (QED) is 0.718. The number of likely N-dealkylation sites (N-methyl/N-ethyl adjacent to an activating group) is 1. The third-order valence-corrected chi connectivity index (χ3v) is 4.38. The van der Waals surface area contributed by atoms with Crippen molar-refractivity contribution >= 4 is 11.2 Å². The van der Waals surface area contributed by atoms with E-state index in [1.54, 1.807) is 0 Å². The van der Waals surface area contributed by atoms with Crippen molar-refractivity contribution in [2.75, 3.05) is 38.1 Å². The Morgan fingerprint density at radius 3 is 2.41 bits per heavy atom. The first-order chi connectivity index (χ1) is 10.7. The smallest absolute Gasteiger partial charge is 0.0896 e. The molecule has 6 nitrogen and oxygen atoms in total. The predicted molar refractivity (Wildman–Crippen MR) is 87.1 cm³/mol. The average molecular weight is 296 g/mol. The largest absolute Gasteiger partial charge is 0.366 e. The van der Waals surface area contributed by atoms with Gasteiger partial charge in [0.1, 0.15) is 0 Å². The van der Waals surface area contributed by atoms with E-state index in [0.717, 1.165) is 42.8 Å². The van der Waals surface area contributed by atoms with E-state index in [9.17, 15) is 0 Å². The molecule has 0 atom stereocenters. The SMILES string of the molecule is CN1CCN(c2cnn3cc(-c4cnn(C)c4)ccc23)CC1. The average Bonchev–Trinajstić information content (AvgIpc) is 3.14. The minimum atomic E-state index is 1.06. The molecule has 0 bridgehead atoms. The minimum Gasteiger partial charge on any atom is -0.366 e. The van der Waals surface area contributed by atoms with Gasteiger partial charge < -0.3 is 9.80 Å². The molecule has 0 aliphatic carbocycles. The van der Waals surface area contributed by atoms with Crippen molar-refractivity contribution in [1.82, 2.24) is 24.3 Å². The van der Waals surface area contributed by atoms with E-state index < -0.39 is 0 Å². The maximum absolute atomic E-state index is 4.54. The summed E-state index contributed by atoms with van der Waals surface area (Å²) in [7, 11) is 4.11. The molecular weight excluding hydrogens is 276 g/mol. The lowest BCUT2D eigenvalue weighted by molar-refractivity contribution is 0.313. The summed E-state index contributed by atoms with van der Waals surface area (Å²) in [5, 5.41) is 8.77. The van der Waals surface area contributed by atoms with Crippen LogP contribution >= 0.6 is 0 Å². The normalized spacial score (nSPS) is 16.5. The molecule has 4 rings (SSSR count). The van der Waals surface area contributed by atoms with E-state index in [-0.39, 0.29) is 0 Å². The molecule has 3 aromatic rings. The van der Waals surface area contributed by atoms with Gasteiger partial charge in [0.2, 0.25) is 0 Å². The molecule has 1 saturated heterocycles. The maximum Gasteiger partial charge on any atom is 0.0896 e. The minimum absolute atomic E-state index is 1.06. The summed E-state index contributed by atoms with van der Waals surface area (Å²) in [6.45, 7) is 4.32. The third-order valence-electron chi connectivity index (χ3n) is 4.38. The molecule has 0 spiro atoms. The molecule has 1 fully saturated rings. The van der Waals surface area contributed by atoms with Crippen LogP contribution in [-0.2, 0) is 7.05 Å². The Balaban J connectivity index is 1.68. The standard InChI is InChI=1S/C16H20N6/c1-19-5-7-21(8-6-19)16-10-18-22-12-13(3-4-15(16)22)14-9-17-20(2)11-14/h3-4,9-12H,5-8H2,1-2H3. The topological polar surface area (TPSA) is 41.6 Å². The number of aryl methyl sites for hydroxylation is 1. The van der Waals surface area contributed by atoms with Crippen molar-refractivity contribution < 1.29 is 0 Å². The number of fused-ring (bicyclic) bond motifs is 1. The Morgan fingerprint density at radius 1 is 0.864 bits per heavy atom. The van der Waals surface area contributed by atoms with Gasteiger partial charge in [-0.25, -0.2) is 4.52 Å². The van der Waals surface area contributed by atoms with E-state index in [1.807, 2.05) is 34.8 Å². The van der Waals surface area contributed by atoms with Gasteiger partial charge in [0, 0.05) is 56.7 Å². The Morgan fingerprint density at radius 2 is 1.68 bits per heavy atom. The molecule has 6 heteroatoms. The highest BCUT2D eigenvalue weighted by molar-refractivity contribution is 5.75. The summed E-state index contributed by atoms with van der Waals surface area (Å²) in [6, 6.07) is 4.30. The Bertz CT molecular complexity index is 794. The molecule has 0 saturated carbocycles. The molecule has 1 aliphatic heterocycles. The van der Waals surface area contributed by atoms with Gasteiger partial charge in [-0.1, -0.05) is 6.07 Å². The first kappa shape index (κ1) is 13.3. The van der Waals surface area contributed by atoms with E-state index in [1.165, 1.54) is 5.69 Å². The van der Waals surface area contributed by atoms with Crippen LogP contribution in [0.25, 0.3) is 16.6 Å². The fraction of sp³-hybridized carbons (Fsp3) is 0.375. The molecule has 0 amide bonds. The highest BCUT2D eigenvalue weighted by Gasteiger charge is 2.17. The predicted octanol–water partition coefficient (Wildman–Crippen LogP) is 1.49. The summed E-state index contributed by atoms with van der Waals surface area (Å²) < 4.78 is 3.79. The summed E-state index contributed by atoms with van der Waals surface area (Å²) in [5.74, 6) is 0. The van der Waals surface area contributed by atoms with E-state index in [0.29, 0.717) is 0 Å². The number of hydrogen-bond donors (Lipinski definition) is 0. The van der Waals surface area contributed by atoms with Crippen LogP contribution in [0.2, 0.25) is 0 Å². The Hall–Kier alpha value is -2.34. The second-order valence-corrected chi connectivity index (χ2v) is 5.97. The summed E-state index contributed by atoms with van der Waals surface area (Å²) >= 11 is 0. The zero-order chi connectivity index (χ0) is 15.1. The molecule has 0 aromatic carbocycles. The third kappa shape index (κ3) is 2.25. The second-order valence-electron chi connectivity index (χ2n) is 5.97. The van der Waals surface area contributed by atoms with Gasteiger partial charge in [-0.3, -0.25) is 4.68 Å². The Labute approximate surface area is 129 Å². The molecule has 0 unspecified atom stereocenters. The van der Waals surface area contributed by atoms with Crippen molar-refractivity contribution in [1.29, 1.82) is 0 Å². The molecule has 4 heterocycles. The summed E-state index contributed by atoms with van der Waals surface area (Å²) in [4.78, 5) is 4.79. The van der Waals surface area contributed by atoms with Gasteiger partial charge in [-0.2, -0.15) is 10.2 Å². The molecule has 22 heavy (non-hydrogen) atoms. The van der Waals surface area contributed by atoms with Gasteiger partial charge in [0.15, 0.2) is 0 Å². The van der Waals surface area contributed by atoms with Crippen LogP contribution in [0.5, 0.6) is 0 Å². The number of rotatable bonds is 2. The van der Waals surface area contributed by atoms with E-state index in [4.69, 9.17) is 0 Å². The number of piperazine rings is 1. The zero-order valence-electron chi connectivity index (χ0n) is 13.0. The molecule has 3 aromatic heterocycles. The van der Waals surface area contributed by atoms with Crippen LogP contribution in [0.3, 0.4) is 0 Å². The number of anilines is 1. The first-order valence-electron chi connectivity index (χ1n) is 7.60. The van der Waals surface area contributed by atoms with Crippen molar-refractivity contribution in [3.8, 4) is 11.1 Å². The highest BCUT2D eigenvalue weighted by Crippen LogP contribution is 2.26. The number of nitrogens with zero attached hydrogens (tertiary/aromatic N) is 6. The maximum atomic E-state index is 4.54. The van der Waals surface area contributed by atoms with Crippen molar-refractivity contribution in [3.63, 3.8) is 0 Å². The van der Waals surface area contributed by atoms with Crippen LogP contribution in [-0.4, -0.2) is 57.5 Å². The highest BCUT2D eigenvalue weighted by atomic mass is 15.3. The van der Waals surface area contributed by atoms with Gasteiger partial charge in [-0.05, 0) is 13.1 Å². The molecule has 0 N–H and O–H groups in total.